The predicted octanol–water partition coefficient (Wildman–Crippen LogP) is 4.18. The van der Waals surface area contributed by atoms with Crippen molar-refractivity contribution in [2.24, 2.45) is 11.1 Å². The minimum Gasteiger partial charge on any atom is -0.411 e. The minimum atomic E-state index is 0.0660. The largest absolute Gasteiger partial charge is 0.411 e. The normalized spacial score (nSPS) is 16.7. The van der Waals surface area contributed by atoms with Gasteiger partial charge >= 0.3 is 0 Å². The summed E-state index contributed by atoms with van der Waals surface area (Å²) in [5.74, 6) is 0.788. The lowest BCUT2D eigenvalue weighted by Gasteiger charge is -2.21. The van der Waals surface area contributed by atoms with Crippen LogP contribution in [-0.4, -0.2) is 16.8 Å². The third-order valence-electron chi connectivity index (χ3n) is 4.22. The molecule has 1 amide bonds. The fourth-order valence-electron chi connectivity index (χ4n) is 2.91. The second kappa shape index (κ2) is 7.81. The molecule has 2 N–H and O–H groups in total. The monoisotopic (exact) mass is 288 g/mol. The molecule has 0 radical (unpaired) electrons. The molecule has 0 atom stereocenters. The molecule has 4 nitrogen and oxygen atoms in total. The van der Waals surface area contributed by atoms with Gasteiger partial charge in [0.15, 0.2) is 0 Å². The Labute approximate surface area is 126 Å². The van der Waals surface area contributed by atoms with E-state index in [-0.39, 0.29) is 5.91 Å². The highest BCUT2D eigenvalue weighted by atomic mass is 16.4. The van der Waals surface area contributed by atoms with Crippen LogP contribution in [0.3, 0.4) is 0 Å². The van der Waals surface area contributed by atoms with Crippen LogP contribution >= 0.6 is 0 Å². The molecule has 0 bridgehead atoms. The Hall–Kier alpha value is -1.84. The first-order valence-corrected chi connectivity index (χ1v) is 7.78. The van der Waals surface area contributed by atoms with Crippen LogP contribution < -0.4 is 5.32 Å². The summed E-state index contributed by atoms with van der Waals surface area (Å²) in [4.78, 5) is 12.0. The van der Waals surface area contributed by atoms with E-state index in [1.54, 1.807) is 6.92 Å². The molecular formula is C17H24N2O2. The number of rotatable bonds is 5. The van der Waals surface area contributed by atoms with E-state index in [1.807, 2.05) is 24.3 Å². The smallest absolute Gasteiger partial charge is 0.224 e. The maximum atomic E-state index is 12.0. The quantitative estimate of drug-likeness (QED) is 0.485. The van der Waals surface area contributed by atoms with E-state index in [9.17, 15) is 4.79 Å². The van der Waals surface area contributed by atoms with Gasteiger partial charge in [-0.3, -0.25) is 4.79 Å². The van der Waals surface area contributed by atoms with E-state index < -0.39 is 0 Å². The Balaban J connectivity index is 1.84. The highest BCUT2D eigenvalue weighted by molar-refractivity contribution is 6.00. The lowest BCUT2D eigenvalue weighted by Crippen LogP contribution is -2.15. The summed E-state index contributed by atoms with van der Waals surface area (Å²) in [5.41, 5.74) is 2.10. The predicted molar refractivity (Wildman–Crippen MR) is 84.9 cm³/mol. The first kappa shape index (κ1) is 15.5. The molecular weight excluding hydrogens is 264 g/mol. The van der Waals surface area contributed by atoms with Crippen molar-refractivity contribution in [2.45, 2.75) is 51.9 Å². The highest BCUT2D eigenvalue weighted by Gasteiger charge is 2.14. The van der Waals surface area contributed by atoms with Crippen LogP contribution in [-0.2, 0) is 4.79 Å². The van der Waals surface area contributed by atoms with Gasteiger partial charge in [0, 0.05) is 17.7 Å². The summed E-state index contributed by atoms with van der Waals surface area (Å²) in [5, 5.41) is 14.9. The summed E-state index contributed by atoms with van der Waals surface area (Å²) < 4.78 is 0. The van der Waals surface area contributed by atoms with Gasteiger partial charge in [0.25, 0.3) is 0 Å². The summed E-state index contributed by atoms with van der Waals surface area (Å²) in [6.45, 7) is 1.73. The highest BCUT2D eigenvalue weighted by Crippen LogP contribution is 2.27. The Bertz CT molecular complexity index is 505. The van der Waals surface area contributed by atoms with Crippen molar-refractivity contribution in [1.82, 2.24) is 0 Å². The van der Waals surface area contributed by atoms with E-state index >= 15 is 0 Å². The number of carbonyl (C=O) groups is 1. The van der Waals surface area contributed by atoms with Crippen molar-refractivity contribution >= 4 is 17.3 Å². The number of nitrogens with one attached hydrogen (secondary N) is 1. The van der Waals surface area contributed by atoms with Crippen molar-refractivity contribution in [3.63, 3.8) is 0 Å². The van der Waals surface area contributed by atoms with Gasteiger partial charge in [-0.2, -0.15) is 0 Å². The third kappa shape index (κ3) is 4.88. The maximum absolute atomic E-state index is 12.0. The average molecular weight is 288 g/mol. The number of hydrogen-bond donors (Lipinski definition) is 2. The number of amides is 1. The zero-order chi connectivity index (χ0) is 15.1. The fourth-order valence-corrected chi connectivity index (χ4v) is 2.91. The number of hydrogen-bond acceptors (Lipinski definition) is 3. The zero-order valence-corrected chi connectivity index (χ0v) is 12.6. The first-order valence-electron chi connectivity index (χ1n) is 7.78. The van der Waals surface area contributed by atoms with Crippen LogP contribution in [0.4, 0.5) is 5.69 Å². The second-order valence-corrected chi connectivity index (χ2v) is 5.86. The third-order valence-corrected chi connectivity index (χ3v) is 4.22. The lowest BCUT2D eigenvalue weighted by molar-refractivity contribution is -0.116. The Morgan fingerprint density at radius 1 is 1.33 bits per heavy atom. The van der Waals surface area contributed by atoms with Crippen molar-refractivity contribution in [3.8, 4) is 0 Å². The van der Waals surface area contributed by atoms with Crippen molar-refractivity contribution < 1.29 is 10.0 Å². The molecule has 21 heavy (non-hydrogen) atoms. The molecule has 4 heteroatoms. The number of benzene rings is 1. The molecule has 1 aliphatic carbocycles. The number of oxime groups is 1. The van der Waals surface area contributed by atoms with Gasteiger partial charge in [-0.1, -0.05) is 49.4 Å². The van der Waals surface area contributed by atoms with Crippen molar-refractivity contribution in [1.29, 1.82) is 0 Å². The lowest BCUT2D eigenvalue weighted by atomic mass is 9.86. The zero-order valence-electron chi connectivity index (χ0n) is 12.6. The van der Waals surface area contributed by atoms with E-state index in [0.29, 0.717) is 12.1 Å². The van der Waals surface area contributed by atoms with Gasteiger partial charge < -0.3 is 10.5 Å². The minimum absolute atomic E-state index is 0.0660. The molecule has 0 saturated heterocycles. The van der Waals surface area contributed by atoms with Crippen LogP contribution in [0.5, 0.6) is 0 Å². The van der Waals surface area contributed by atoms with Crippen LogP contribution in [0.15, 0.2) is 29.4 Å². The van der Waals surface area contributed by atoms with E-state index in [4.69, 9.17) is 5.21 Å². The summed E-state index contributed by atoms with van der Waals surface area (Å²) in [7, 11) is 0. The van der Waals surface area contributed by atoms with E-state index in [2.05, 4.69) is 10.5 Å². The van der Waals surface area contributed by atoms with Gasteiger partial charge in [-0.25, -0.2) is 0 Å². The van der Waals surface area contributed by atoms with Crippen molar-refractivity contribution in [2.75, 3.05) is 5.32 Å². The average Bonchev–Trinajstić information content (AvgIpc) is 2.53. The van der Waals surface area contributed by atoms with Gasteiger partial charge in [-0.05, 0) is 31.4 Å². The molecule has 1 fully saturated rings. The maximum Gasteiger partial charge on any atom is 0.224 e. The van der Waals surface area contributed by atoms with E-state index in [0.717, 1.165) is 23.6 Å². The molecule has 1 saturated carbocycles. The second-order valence-electron chi connectivity index (χ2n) is 5.86. The van der Waals surface area contributed by atoms with Crippen LogP contribution in [0, 0.1) is 5.92 Å². The SMILES string of the molecule is C/C(=N\O)c1cccc(NC(=O)CCC2CCCCC2)c1. The van der Waals surface area contributed by atoms with Gasteiger partial charge in [-0.15, -0.1) is 0 Å². The number of anilines is 1. The first-order chi connectivity index (χ1) is 10.2. The summed E-state index contributed by atoms with van der Waals surface area (Å²) >= 11 is 0. The van der Waals surface area contributed by atoms with Crippen LogP contribution in [0.2, 0.25) is 0 Å². The van der Waals surface area contributed by atoms with Crippen molar-refractivity contribution in [3.05, 3.63) is 29.8 Å². The summed E-state index contributed by atoms with van der Waals surface area (Å²) in [6, 6.07) is 7.38. The Morgan fingerprint density at radius 3 is 2.81 bits per heavy atom. The molecule has 2 rings (SSSR count). The van der Waals surface area contributed by atoms with Gasteiger partial charge in [0.2, 0.25) is 5.91 Å². The fraction of sp³-hybridized carbons (Fsp3) is 0.529. The Morgan fingerprint density at radius 2 is 2.10 bits per heavy atom. The molecule has 114 valence electrons. The Kier molecular flexibility index (Phi) is 5.78. The van der Waals surface area contributed by atoms with E-state index in [1.165, 1.54) is 32.1 Å². The number of carbonyl (C=O) groups excluding carboxylic acids is 1. The van der Waals surface area contributed by atoms with Crippen LogP contribution in [0.1, 0.15) is 57.4 Å². The molecule has 0 aromatic heterocycles. The molecule has 0 heterocycles. The molecule has 0 unspecified atom stereocenters. The molecule has 1 aromatic carbocycles. The summed E-state index contributed by atoms with van der Waals surface area (Å²) in [6.07, 6.45) is 8.10. The topological polar surface area (TPSA) is 61.7 Å². The molecule has 0 spiro atoms. The molecule has 0 aliphatic heterocycles. The van der Waals surface area contributed by atoms with Gasteiger partial charge in [0.1, 0.15) is 0 Å². The number of nitrogens with zero attached hydrogens (tertiary/aromatic N) is 1. The standard InChI is InChI=1S/C17H24N2O2/c1-13(19-21)15-8-5-9-16(12-15)18-17(20)11-10-14-6-3-2-4-7-14/h5,8-9,12,14,21H,2-4,6-7,10-11H2,1H3,(H,18,20)/b19-13+. The van der Waals surface area contributed by atoms with Crippen LogP contribution in [0.25, 0.3) is 0 Å². The van der Waals surface area contributed by atoms with Gasteiger partial charge in [0.05, 0.1) is 5.71 Å². The molecule has 1 aliphatic rings. The molecule has 1 aromatic rings.